The fourth-order valence-corrected chi connectivity index (χ4v) is 3.89. The number of hydrogen-bond acceptors (Lipinski definition) is 1. The molecule has 17 heavy (non-hydrogen) atoms. The van der Waals surface area contributed by atoms with E-state index in [2.05, 4.69) is 60.7 Å². The second-order valence-electron chi connectivity index (χ2n) is 3.61. The average molecular weight is 266 g/mol. The van der Waals surface area contributed by atoms with Crippen LogP contribution in [0.2, 0.25) is 0 Å². The van der Waals surface area contributed by atoms with Crippen LogP contribution < -0.4 is 16.3 Å². The summed E-state index contributed by atoms with van der Waals surface area (Å²) < 4.78 is 0. The van der Waals surface area contributed by atoms with Crippen molar-refractivity contribution < 1.29 is 0 Å². The average Bonchev–Trinajstić information content (AvgIpc) is 2.38. The smallest absolute Gasteiger partial charge is 0.00318 e. The lowest BCUT2D eigenvalue weighted by atomic mass is 10.4. The molecular weight excluding hydrogens is 249 g/mol. The van der Waals surface area contributed by atoms with E-state index in [1.807, 2.05) is 0 Å². The molecule has 2 N–H and O–H groups in total. The predicted molar refractivity (Wildman–Crippen MR) is 80.2 cm³/mol. The second kappa shape index (κ2) is 7.45. The van der Waals surface area contributed by atoms with Crippen LogP contribution in [0.3, 0.4) is 0 Å². The van der Waals surface area contributed by atoms with Gasteiger partial charge >= 0.3 is 0 Å². The maximum atomic E-state index is 5.72. The monoisotopic (exact) mass is 265 g/mol. The van der Waals surface area contributed by atoms with Crippen molar-refractivity contribution >= 4 is 30.9 Å². The summed E-state index contributed by atoms with van der Waals surface area (Å²) in [6, 6.07) is 21.3. The summed E-state index contributed by atoms with van der Waals surface area (Å²) in [6.45, 7) is 0.746. The zero-order valence-corrected chi connectivity index (χ0v) is 11.3. The van der Waals surface area contributed by atoms with Crippen molar-refractivity contribution in [3.8, 4) is 0 Å². The van der Waals surface area contributed by atoms with Gasteiger partial charge in [-0.25, -0.2) is 0 Å². The molecule has 0 amide bonds. The highest BCUT2D eigenvalue weighted by Gasteiger charge is 2.11. The van der Waals surface area contributed by atoms with Crippen molar-refractivity contribution in [2.24, 2.45) is 5.73 Å². The number of nitrogens with two attached hydrogens (primary N) is 1. The molecule has 0 aliphatic rings. The number of benzene rings is 2. The SMILES string of the molecule is Cl.NCCP(c1ccccc1)c1ccccc1. The van der Waals surface area contributed by atoms with Crippen molar-refractivity contribution in [1.82, 2.24) is 0 Å². The standard InChI is InChI=1S/C14H16NP.ClH/c15-11-12-16(13-7-3-1-4-8-13)14-9-5-2-6-10-14;/h1-10H,11-12,15H2;1H. The largest absolute Gasteiger partial charge is 0.330 e. The Morgan fingerprint density at radius 1 is 0.765 bits per heavy atom. The van der Waals surface area contributed by atoms with Crippen molar-refractivity contribution in [3.63, 3.8) is 0 Å². The molecule has 2 aromatic rings. The lowest BCUT2D eigenvalue weighted by molar-refractivity contribution is 1.15. The lowest BCUT2D eigenvalue weighted by Crippen LogP contribution is -2.18. The molecule has 0 atom stereocenters. The van der Waals surface area contributed by atoms with E-state index in [9.17, 15) is 0 Å². The van der Waals surface area contributed by atoms with Crippen LogP contribution in [0.5, 0.6) is 0 Å². The topological polar surface area (TPSA) is 26.0 Å². The van der Waals surface area contributed by atoms with E-state index in [0.29, 0.717) is 0 Å². The summed E-state index contributed by atoms with van der Waals surface area (Å²) in [4.78, 5) is 0. The summed E-state index contributed by atoms with van der Waals surface area (Å²) in [5.41, 5.74) is 5.72. The van der Waals surface area contributed by atoms with E-state index in [1.54, 1.807) is 0 Å². The van der Waals surface area contributed by atoms with Gasteiger partial charge < -0.3 is 5.73 Å². The van der Waals surface area contributed by atoms with Gasteiger partial charge in [-0.2, -0.15) is 0 Å². The zero-order chi connectivity index (χ0) is 11.2. The first-order valence-corrected chi connectivity index (χ1v) is 7.02. The molecule has 2 aromatic carbocycles. The minimum absolute atomic E-state index is 0. The van der Waals surface area contributed by atoms with Gasteiger partial charge in [-0.1, -0.05) is 60.7 Å². The minimum atomic E-state index is -0.276. The Balaban J connectivity index is 0.00000144. The van der Waals surface area contributed by atoms with Crippen LogP contribution in [-0.4, -0.2) is 12.7 Å². The fraction of sp³-hybridized carbons (Fsp3) is 0.143. The Morgan fingerprint density at radius 3 is 1.53 bits per heavy atom. The van der Waals surface area contributed by atoms with Crippen LogP contribution in [0, 0.1) is 0 Å². The zero-order valence-electron chi connectivity index (χ0n) is 9.62. The van der Waals surface area contributed by atoms with Crippen LogP contribution in [0.1, 0.15) is 0 Å². The van der Waals surface area contributed by atoms with E-state index < -0.39 is 0 Å². The number of hydrogen-bond donors (Lipinski definition) is 1. The van der Waals surface area contributed by atoms with E-state index in [-0.39, 0.29) is 20.3 Å². The molecule has 0 saturated carbocycles. The summed E-state index contributed by atoms with van der Waals surface area (Å²) in [5, 5.41) is 2.82. The Bertz CT molecular complexity index is 379. The van der Waals surface area contributed by atoms with Crippen molar-refractivity contribution in [2.75, 3.05) is 12.7 Å². The normalized spacial score (nSPS) is 10.0. The van der Waals surface area contributed by atoms with Gasteiger partial charge in [0.2, 0.25) is 0 Å². The molecule has 90 valence electrons. The molecule has 0 aliphatic heterocycles. The molecule has 0 radical (unpaired) electrons. The molecule has 3 heteroatoms. The summed E-state index contributed by atoms with van der Waals surface area (Å²) in [5.74, 6) is 0. The Kier molecular flexibility index (Phi) is 6.21. The van der Waals surface area contributed by atoms with E-state index in [1.165, 1.54) is 10.6 Å². The molecule has 0 fully saturated rings. The van der Waals surface area contributed by atoms with Crippen LogP contribution in [0.15, 0.2) is 60.7 Å². The first-order valence-electron chi connectivity index (χ1n) is 5.49. The van der Waals surface area contributed by atoms with Gasteiger partial charge in [-0.3, -0.25) is 0 Å². The third-order valence-electron chi connectivity index (χ3n) is 2.49. The fourth-order valence-electron chi connectivity index (χ4n) is 1.75. The van der Waals surface area contributed by atoms with Crippen LogP contribution >= 0.6 is 20.3 Å². The first kappa shape index (κ1) is 14.2. The molecule has 2 rings (SSSR count). The quantitative estimate of drug-likeness (QED) is 0.845. The van der Waals surface area contributed by atoms with Gasteiger partial charge in [0.15, 0.2) is 0 Å². The maximum Gasteiger partial charge on any atom is -0.00318 e. The summed E-state index contributed by atoms with van der Waals surface area (Å²) in [6.07, 6.45) is 1.06. The maximum absolute atomic E-state index is 5.72. The Morgan fingerprint density at radius 2 is 1.18 bits per heavy atom. The molecule has 0 spiro atoms. The van der Waals surface area contributed by atoms with Crippen LogP contribution in [0.4, 0.5) is 0 Å². The molecular formula is C14H17ClNP. The van der Waals surface area contributed by atoms with Gasteiger partial charge in [0.1, 0.15) is 0 Å². The van der Waals surface area contributed by atoms with E-state index in [0.717, 1.165) is 12.7 Å². The molecule has 0 aliphatic carbocycles. The lowest BCUT2D eigenvalue weighted by Gasteiger charge is -2.17. The minimum Gasteiger partial charge on any atom is -0.330 e. The number of halogens is 1. The number of rotatable bonds is 4. The highest BCUT2D eigenvalue weighted by molar-refractivity contribution is 7.73. The molecule has 0 saturated heterocycles. The van der Waals surface area contributed by atoms with Gasteiger partial charge in [-0.15, -0.1) is 12.4 Å². The van der Waals surface area contributed by atoms with Gasteiger partial charge in [0.05, 0.1) is 0 Å². The first-order chi connectivity index (χ1) is 7.92. The van der Waals surface area contributed by atoms with E-state index >= 15 is 0 Å². The molecule has 0 unspecified atom stereocenters. The van der Waals surface area contributed by atoms with Crippen molar-refractivity contribution in [1.29, 1.82) is 0 Å². The predicted octanol–water partition coefficient (Wildman–Crippen LogP) is 2.50. The van der Waals surface area contributed by atoms with Gasteiger partial charge in [0, 0.05) is 0 Å². The van der Waals surface area contributed by atoms with E-state index in [4.69, 9.17) is 5.73 Å². The molecule has 0 aromatic heterocycles. The second-order valence-corrected chi connectivity index (χ2v) is 5.95. The molecule has 0 bridgehead atoms. The van der Waals surface area contributed by atoms with Gasteiger partial charge in [0.25, 0.3) is 0 Å². The Hall–Kier alpha value is -0.880. The third-order valence-corrected chi connectivity index (χ3v) is 5.04. The highest BCUT2D eigenvalue weighted by atomic mass is 35.5. The third kappa shape index (κ3) is 3.81. The van der Waals surface area contributed by atoms with Gasteiger partial charge in [-0.05, 0) is 31.2 Å². The molecule has 0 heterocycles. The summed E-state index contributed by atoms with van der Waals surface area (Å²) >= 11 is 0. The van der Waals surface area contributed by atoms with Crippen LogP contribution in [0.25, 0.3) is 0 Å². The van der Waals surface area contributed by atoms with Crippen molar-refractivity contribution in [3.05, 3.63) is 60.7 Å². The molecule has 1 nitrogen and oxygen atoms in total. The Labute approximate surface area is 110 Å². The highest BCUT2D eigenvalue weighted by Crippen LogP contribution is 2.32. The summed E-state index contributed by atoms with van der Waals surface area (Å²) in [7, 11) is -0.276. The van der Waals surface area contributed by atoms with Crippen molar-refractivity contribution in [2.45, 2.75) is 0 Å². The van der Waals surface area contributed by atoms with Crippen LogP contribution in [-0.2, 0) is 0 Å².